The second-order valence-corrected chi connectivity index (χ2v) is 8.88. The fraction of sp³-hybridized carbons (Fsp3) is 0.130. The summed E-state index contributed by atoms with van der Waals surface area (Å²) in [6, 6.07) is 15.9. The van der Waals surface area contributed by atoms with Crippen molar-refractivity contribution in [2.45, 2.75) is 0 Å². The first-order valence-electron chi connectivity index (χ1n) is 9.31. The summed E-state index contributed by atoms with van der Waals surface area (Å²) in [6.45, 7) is 0. The van der Waals surface area contributed by atoms with Crippen LogP contribution in [-0.2, 0) is 0 Å². The van der Waals surface area contributed by atoms with Crippen molar-refractivity contribution >= 4 is 61.8 Å². The summed E-state index contributed by atoms with van der Waals surface area (Å²) in [5, 5.41) is 13.8. The van der Waals surface area contributed by atoms with E-state index in [4.69, 9.17) is 27.9 Å². The molecule has 0 bridgehead atoms. The molecule has 0 spiro atoms. The molecule has 31 heavy (non-hydrogen) atoms. The van der Waals surface area contributed by atoms with Gasteiger partial charge in [0.25, 0.3) is 0 Å². The third kappa shape index (κ3) is 4.13. The quantitative estimate of drug-likeness (QED) is 0.342. The summed E-state index contributed by atoms with van der Waals surface area (Å²) in [5.41, 5.74) is 4.69. The van der Waals surface area contributed by atoms with Crippen LogP contribution >= 0.6 is 34.5 Å². The predicted octanol–water partition coefficient (Wildman–Crippen LogP) is 6.96. The molecule has 2 aromatic carbocycles. The topological polar surface area (TPSA) is 61.2 Å². The molecule has 0 aliphatic heterocycles. The van der Waals surface area contributed by atoms with E-state index >= 15 is 0 Å². The van der Waals surface area contributed by atoms with E-state index in [2.05, 4.69) is 45.5 Å². The summed E-state index contributed by atoms with van der Waals surface area (Å²) >= 11 is 14.1. The minimum Gasteiger partial charge on any atom is -0.495 e. The molecule has 0 saturated carbocycles. The number of nitrogens with one attached hydrogen (secondary N) is 1. The third-order valence-corrected chi connectivity index (χ3v) is 6.63. The lowest BCUT2D eigenvalue weighted by Crippen LogP contribution is -2.07. The highest BCUT2D eigenvalue weighted by Gasteiger charge is 2.16. The summed E-state index contributed by atoms with van der Waals surface area (Å²) < 4.78 is 6.17. The predicted molar refractivity (Wildman–Crippen MR) is 130 cm³/mol. The number of hydrogen-bond acceptors (Lipinski definition) is 6. The maximum absolute atomic E-state index is 9.67. The number of methoxy groups -OCH3 is 1. The smallest absolute Gasteiger partial charge is 0.139 e. The Morgan fingerprint density at radius 3 is 2.48 bits per heavy atom. The highest BCUT2D eigenvalue weighted by Crippen LogP contribution is 2.42. The number of nitriles is 1. The van der Waals surface area contributed by atoms with Crippen molar-refractivity contribution in [2.24, 2.45) is 0 Å². The molecule has 2 aromatic heterocycles. The van der Waals surface area contributed by atoms with E-state index in [1.54, 1.807) is 29.7 Å². The lowest BCUT2D eigenvalue weighted by Gasteiger charge is -2.13. The van der Waals surface area contributed by atoms with Crippen LogP contribution in [-0.4, -0.2) is 26.2 Å². The molecule has 0 radical (unpaired) electrons. The van der Waals surface area contributed by atoms with Crippen LogP contribution in [0.3, 0.4) is 0 Å². The number of pyridine rings is 1. The molecule has 156 valence electrons. The van der Waals surface area contributed by atoms with Gasteiger partial charge in [-0.15, -0.1) is 11.3 Å². The number of benzene rings is 2. The summed E-state index contributed by atoms with van der Waals surface area (Å²) in [4.78, 5) is 7.60. The SMILES string of the molecule is COc1cc(Nc2c(C#N)cnc3cc(-c4ccc(N(C)C)cc4)sc23)c(Cl)cc1Cl. The van der Waals surface area contributed by atoms with Crippen LogP contribution in [0.4, 0.5) is 17.1 Å². The Morgan fingerprint density at radius 1 is 1.10 bits per heavy atom. The summed E-state index contributed by atoms with van der Waals surface area (Å²) in [7, 11) is 5.56. The van der Waals surface area contributed by atoms with Crippen LogP contribution in [0.15, 0.2) is 48.7 Å². The molecule has 4 rings (SSSR count). The number of halogens is 2. The van der Waals surface area contributed by atoms with Gasteiger partial charge in [0, 0.05) is 36.9 Å². The molecular weight excluding hydrogens is 451 g/mol. The van der Waals surface area contributed by atoms with Gasteiger partial charge in [0.2, 0.25) is 0 Å². The standard InChI is InChI=1S/C23H18Cl2N4OS/c1-29(2)15-6-4-13(5-7-15)21-10-19-23(31-21)22(14(11-26)12-27-19)28-18-9-20(30-3)17(25)8-16(18)24/h4-10,12H,1-3H3,(H,27,28). The zero-order valence-corrected chi connectivity index (χ0v) is 19.4. The fourth-order valence-corrected chi connectivity index (χ4v) is 4.80. The van der Waals surface area contributed by atoms with Gasteiger partial charge in [0.15, 0.2) is 0 Å². The van der Waals surface area contributed by atoms with Gasteiger partial charge in [-0.05, 0) is 29.8 Å². The van der Waals surface area contributed by atoms with Crippen LogP contribution in [0.5, 0.6) is 5.75 Å². The number of rotatable bonds is 5. The lowest BCUT2D eigenvalue weighted by molar-refractivity contribution is 0.415. The second kappa shape index (κ2) is 8.64. The van der Waals surface area contributed by atoms with E-state index in [-0.39, 0.29) is 0 Å². The molecule has 1 N–H and O–H groups in total. The van der Waals surface area contributed by atoms with Crippen LogP contribution in [0.2, 0.25) is 10.0 Å². The van der Waals surface area contributed by atoms with Gasteiger partial charge in [-0.1, -0.05) is 35.3 Å². The Hall–Kier alpha value is -2.98. The fourth-order valence-electron chi connectivity index (χ4n) is 3.17. The molecule has 0 aliphatic carbocycles. The maximum atomic E-state index is 9.67. The monoisotopic (exact) mass is 468 g/mol. The van der Waals surface area contributed by atoms with Gasteiger partial charge in [-0.2, -0.15) is 5.26 Å². The van der Waals surface area contributed by atoms with Gasteiger partial charge in [0.1, 0.15) is 11.8 Å². The molecule has 4 aromatic rings. The second-order valence-electron chi connectivity index (χ2n) is 7.02. The van der Waals surface area contributed by atoms with Gasteiger partial charge in [-0.3, -0.25) is 4.98 Å². The van der Waals surface area contributed by atoms with Gasteiger partial charge in [-0.25, -0.2) is 0 Å². The van der Waals surface area contributed by atoms with Crippen molar-refractivity contribution in [3.63, 3.8) is 0 Å². The Bertz CT molecular complexity index is 1310. The highest BCUT2D eigenvalue weighted by atomic mass is 35.5. The molecule has 0 fully saturated rings. The molecular formula is C23H18Cl2N4OS. The Labute approximate surface area is 194 Å². The van der Waals surface area contributed by atoms with Crippen molar-refractivity contribution < 1.29 is 4.74 Å². The van der Waals surface area contributed by atoms with E-state index in [1.807, 2.05) is 20.2 Å². The zero-order chi connectivity index (χ0) is 22.1. The summed E-state index contributed by atoms with van der Waals surface area (Å²) in [6.07, 6.45) is 1.57. The third-order valence-electron chi connectivity index (χ3n) is 4.83. The van der Waals surface area contributed by atoms with Crippen LogP contribution < -0.4 is 15.0 Å². The Balaban J connectivity index is 1.81. The lowest BCUT2D eigenvalue weighted by atomic mass is 10.1. The Morgan fingerprint density at radius 2 is 1.84 bits per heavy atom. The number of thiophene rings is 1. The molecule has 0 atom stereocenters. The minimum atomic E-state index is 0.415. The van der Waals surface area contributed by atoms with Gasteiger partial charge in [0.05, 0.1) is 44.3 Å². The van der Waals surface area contributed by atoms with Gasteiger partial charge >= 0.3 is 0 Å². The van der Waals surface area contributed by atoms with E-state index in [9.17, 15) is 5.26 Å². The van der Waals surface area contributed by atoms with E-state index in [0.29, 0.717) is 32.7 Å². The number of ether oxygens (including phenoxy) is 1. The first kappa shape index (κ1) is 21.3. The molecule has 8 heteroatoms. The molecule has 0 amide bonds. The Kier molecular flexibility index (Phi) is 5.92. The van der Waals surface area contributed by atoms with Crippen molar-refractivity contribution in [2.75, 3.05) is 31.4 Å². The average Bonchev–Trinajstić information content (AvgIpc) is 3.20. The van der Waals surface area contributed by atoms with E-state index in [0.717, 1.165) is 26.3 Å². The summed E-state index contributed by atoms with van der Waals surface area (Å²) in [5.74, 6) is 0.491. The first-order chi connectivity index (χ1) is 14.9. The number of fused-ring (bicyclic) bond motifs is 1. The largest absolute Gasteiger partial charge is 0.495 e. The number of nitrogens with zero attached hydrogens (tertiary/aromatic N) is 3. The van der Waals surface area contributed by atoms with Crippen LogP contribution in [0.25, 0.3) is 20.7 Å². The normalized spacial score (nSPS) is 10.7. The van der Waals surface area contributed by atoms with Gasteiger partial charge < -0.3 is 15.0 Å². The van der Waals surface area contributed by atoms with E-state index < -0.39 is 0 Å². The molecule has 5 nitrogen and oxygen atoms in total. The first-order valence-corrected chi connectivity index (χ1v) is 10.9. The van der Waals surface area contributed by atoms with Crippen molar-refractivity contribution in [3.05, 3.63) is 64.3 Å². The minimum absolute atomic E-state index is 0.415. The average molecular weight is 469 g/mol. The van der Waals surface area contributed by atoms with Crippen LogP contribution in [0, 0.1) is 11.3 Å². The number of aromatic nitrogens is 1. The number of hydrogen-bond donors (Lipinski definition) is 1. The van der Waals surface area contributed by atoms with E-state index in [1.165, 1.54) is 7.11 Å². The van der Waals surface area contributed by atoms with Crippen LogP contribution in [0.1, 0.15) is 5.56 Å². The highest BCUT2D eigenvalue weighted by molar-refractivity contribution is 7.22. The molecule has 0 unspecified atom stereocenters. The zero-order valence-electron chi connectivity index (χ0n) is 17.0. The molecule has 0 aliphatic rings. The maximum Gasteiger partial charge on any atom is 0.139 e. The molecule has 2 heterocycles. The van der Waals surface area contributed by atoms with Crippen molar-refractivity contribution in [1.82, 2.24) is 4.98 Å². The molecule has 0 saturated heterocycles. The number of anilines is 3. The van der Waals surface area contributed by atoms with Crippen molar-refractivity contribution in [1.29, 1.82) is 5.26 Å². The van der Waals surface area contributed by atoms with Crippen molar-refractivity contribution in [3.8, 4) is 22.3 Å².